The number of halogens is 1. The summed E-state index contributed by atoms with van der Waals surface area (Å²) in [6, 6.07) is 17.8. The molecule has 0 unspecified atom stereocenters. The molecule has 1 amide bonds. The van der Waals surface area contributed by atoms with Crippen molar-refractivity contribution >= 4 is 17.5 Å². The molecule has 1 aromatic heterocycles. The molecule has 0 radical (unpaired) electrons. The quantitative estimate of drug-likeness (QED) is 0.695. The number of hydrogen-bond acceptors (Lipinski definition) is 3. The average molecular weight is 381 g/mol. The van der Waals surface area contributed by atoms with Gasteiger partial charge in [0.25, 0.3) is 5.91 Å². The SMILES string of the molecule is O=C(c1cncn1-c1ccccc1)N1CCN(Cc2cccc(Cl)c2)CC1. The van der Waals surface area contributed by atoms with E-state index in [9.17, 15) is 4.79 Å². The number of carbonyl (C=O) groups excluding carboxylic acids is 1. The number of nitrogens with zero attached hydrogens (tertiary/aromatic N) is 4. The lowest BCUT2D eigenvalue weighted by Crippen LogP contribution is -2.48. The van der Waals surface area contributed by atoms with Crippen molar-refractivity contribution in [3.8, 4) is 5.69 Å². The summed E-state index contributed by atoms with van der Waals surface area (Å²) in [5.41, 5.74) is 2.74. The molecule has 1 aliphatic heterocycles. The summed E-state index contributed by atoms with van der Waals surface area (Å²) in [5.74, 6) is 0.0266. The minimum atomic E-state index is 0.0266. The van der Waals surface area contributed by atoms with Gasteiger partial charge in [0.2, 0.25) is 0 Å². The summed E-state index contributed by atoms with van der Waals surface area (Å²) in [4.78, 5) is 21.4. The van der Waals surface area contributed by atoms with Gasteiger partial charge in [0.1, 0.15) is 5.69 Å². The number of hydrogen-bond donors (Lipinski definition) is 0. The van der Waals surface area contributed by atoms with Crippen molar-refractivity contribution in [1.29, 1.82) is 0 Å². The maximum atomic E-state index is 13.0. The Balaban J connectivity index is 1.40. The monoisotopic (exact) mass is 380 g/mol. The molecule has 0 saturated carbocycles. The normalized spacial score (nSPS) is 15.1. The molecule has 138 valence electrons. The minimum absolute atomic E-state index is 0.0266. The Bertz CT molecular complexity index is 917. The van der Waals surface area contributed by atoms with Crippen LogP contribution in [0.2, 0.25) is 5.02 Å². The van der Waals surface area contributed by atoms with Gasteiger partial charge in [0, 0.05) is 43.4 Å². The first-order valence-corrected chi connectivity index (χ1v) is 9.42. The van der Waals surface area contributed by atoms with Crippen LogP contribution in [-0.4, -0.2) is 51.4 Å². The van der Waals surface area contributed by atoms with E-state index in [1.54, 1.807) is 12.5 Å². The number of para-hydroxylation sites is 1. The van der Waals surface area contributed by atoms with Crippen LogP contribution in [0.3, 0.4) is 0 Å². The number of piperazine rings is 1. The molecule has 2 aromatic carbocycles. The number of imidazole rings is 1. The van der Waals surface area contributed by atoms with Crippen molar-refractivity contribution in [2.75, 3.05) is 26.2 Å². The Morgan fingerprint density at radius 2 is 1.78 bits per heavy atom. The summed E-state index contributed by atoms with van der Waals surface area (Å²) < 4.78 is 1.85. The Morgan fingerprint density at radius 3 is 2.52 bits per heavy atom. The molecule has 5 nitrogen and oxygen atoms in total. The number of benzene rings is 2. The lowest BCUT2D eigenvalue weighted by molar-refractivity contribution is 0.0620. The number of amides is 1. The summed E-state index contributed by atoms with van der Waals surface area (Å²) >= 11 is 6.07. The van der Waals surface area contributed by atoms with Gasteiger partial charge in [-0.05, 0) is 29.8 Å². The number of rotatable bonds is 4. The van der Waals surface area contributed by atoms with Crippen LogP contribution in [0, 0.1) is 0 Å². The first kappa shape index (κ1) is 17.8. The molecule has 1 aliphatic rings. The highest BCUT2D eigenvalue weighted by Gasteiger charge is 2.24. The molecule has 0 aliphatic carbocycles. The van der Waals surface area contributed by atoms with Crippen molar-refractivity contribution in [2.45, 2.75) is 6.54 Å². The van der Waals surface area contributed by atoms with Gasteiger partial charge in [0.15, 0.2) is 0 Å². The molecule has 1 saturated heterocycles. The molecular formula is C21H21ClN4O. The first-order valence-electron chi connectivity index (χ1n) is 9.04. The van der Waals surface area contributed by atoms with E-state index in [2.05, 4.69) is 16.0 Å². The van der Waals surface area contributed by atoms with Crippen LogP contribution in [0.4, 0.5) is 0 Å². The van der Waals surface area contributed by atoms with E-state index >= 15 is 0 Å². The fourth-order valence-corrected chi connectivity index (χ4v) is 3.63. The van der Waals surface area contributed by atoms with E-state index in [1.807, 2.05) is 58.0 Å². The van der Waals surface area contributed by atoms with Gasteiger partial charge in [-0.1, -0.05) is 41.9 Å². The van der Waals surface area contributed by atoms with Crippen molar-refractivity contribution in [3.63, 3.8) is 0 Å². The molecule has 3 aromatic rings. The van der Waals surface area contributed by atoms with Gasteiger partial charge in [-0.25, -0.2) is 4.98 Å². The van der Waals surface area contributed by atoms with Crippen molar-refractivity contribution in [1.82, 2.24) is 19.4 Å². The largest absolute Gasteiger partial charge is 0.335 e. The highest BCUT2D eigenvalue weighted by Crippen LogP contribution is 2.16. The topological polar surface area (TPSA) is 41.4 Å². The molecule has 0 N–H and O–H groups in total. The van der Waals surface area contributed by atoms with Crippen LogP contribution in [0.1, 0.15) is 16.1 Å². The smallest absolute Gasteiger partial charge is 0.272 e. The zero-order valence-corrected chi connectivity index (χ0v) is 15.7. The molecular weight excluding hydrogens is 360 g/mol. The summed E-state index contributed by atoms with van der Waals surface area (Å²) in [6.07, 6.45) is 3.34. The van der Waals surface area contributed by atoms with E-state index in [0.29, 0.717) is 18.8 Å². The molecule has 0 atom stereocenters. The second-order valence-electron chi connectivity index (χ2n) is 6.68. The zero-order valence-electron chi connectivity index (χ0n) is 15.0. The fraction of sp³-hybridized carbons (Fsp3) is 0.238. The lowest BCUT2D eigenvalue weighted by atomic mass is 10.2. The predicted molar refractivity (Wildman–Crippen MR) is 106 cm³/mol. The first-order chi connectivity index (χ1) is 13.2. The molecule has 0 bridgehead atoms. The second kappa shape index (κ2) is 7.94. The third-order valence-corrected chi connectivity index (χ3v) is 5.08. The average Bonchev–Trinajstić information content (AvgIpc) is 3.19. The third-order valence-electron chi connectivity index (χ3n) is 4.85. The summed E-state index contributed by atoms with van der Waals surface area (Å²) in [5, 5.41) is 0.760. The number of carbonyl (C=O) groups is 1. The van der Waals surface area contributed by atoms with E-state index < -0.39 is 0 Å². The Hall–Kier alpha value is -2.63. The van der Waals surface area contributed by atoms with Gasteiger partial charge in [0.05, 0.1) is 12.5 Å². The predicted octanol–water partition coefficient (Wildman–Crippen LogP) is 3.48. The summed E-state index contributed by atoms with van der Waals surface area (Å²) in [6.45, 7) is 3.96. The Kier molecular flexibility index (Phi) is 5.23. The van der Waals surface area contributed by atoms with Gasteiger partial charge in [-0.2, -0.15) is 0 Å². The van der Waals surface area contributed by atoms with Crippen LogP contribution in [0.25, 0.3) is 5.69 Å². The maximum absolute atomic E-state index is 13.0. The Morgan fingerprint density at radius 1 is 1.00 bits per heavy atom. The minimum Gasteiger partial charge on any atom is -0.335 e. The van der Waals surface area contributed by atoms with E-state index in [1.165, 1.54) is 5.56 Å². The van der Waals surface area contributed by atoms with Crippen molar-refractivity contribution in [3.05, 3.63) is 83.4 Å². The molecule has 1 fully saturated rings. The molecule has 2 heterocycles. The van der Waals surface area contributed by atoms with E-state index in [0.717, 1.165) is 30.3 Å². The van der Waals surface area contributed by atoms with Crippen molar-refractivity contribution < 1.29 is 4.79 Å². The molecule has 27 heavy (non-hydrogen) atoms. The van der Waals surface area contributed by atoms with Gasteiger partial charge in [-0.3, -0.25) is 14.3 Å². The third kappa shape index (κ3) is 4.04. The van der Waals surface area contributed by atoms with Crippen LogP contribution >= 0.6 is 11.6 Å². The number of aromatic nitrogens is 2. The van der Waals surface area contributed by atoms with Crippen LogP contribution in [-0.2, 0) is 6.54 Å². The molecule has 6 heteroatoms. The molecule has 0 spiro atoms. The maximum Gasteiger partial charge on any atom is 0.272 e. The molecule has 4 rings (SSSR count). The standard InChI is InChI=1S/C21H21ClN4O/c22-18-6-4-5-17(13-18)15-24-9-11-25(12-10-24)21(27)20-14-23-16-26(20)19-7-2-1-3-8-19/h1-8,13-14,16H,9-12,15H2. The van der Waals surface area contributed by atoms with Crippen LogP contribution in [0.5, 0.6) is 0 Å². The van der Waals surface area contributed by atoms with Gasteiger partial charge in [-0.15, -0.1) is 0 Å². The lowest BCUT2D eigenvalue weighted by Gasteiger charge is -2.34. The van der Waals surface area contributed by atoms with Gasteiger partial charge < -0.3 is 4.90 Å². The van der Waals surface area contributed by atoms with Crippen LogP contribution < -0.4 is 0 Å². The van der Waals surface area contributed by atoms with E-state index in [-0.39, 0.29) is 5.91 Å². The van der Waals surface area contributed by atoms with Gasteiger partial charge >= 0.3 is 0 Å². The Labute approximate surface area is 163 Å². The highest BCUT2D eigenvalue weighted by atomic mass is 35.5. The van der Waals surface area contributed by atoms with Crippen molar-refractivity contribution in [2.24, 2.45) is 0 Å². The summed E-state index contributed by atoms with van der Waals surface area (Å²) in [7, 11) is 0. The fourth-order valence-electron chi connectivity index (χ4n) is 3.41. The second-order valence-corrected chi connectivity index (χ2v) is 7.12. The van der Waals surface area contributed by atoms with E-state index in [4.69, 9.17) is 11.6 Å². The van der Waals surface area contributed by atoms with Crippen LogP contribution in [0.15, 0.2) is 67.1 Å². The zero-order chi connectivity index (χ0) is 18.6. The highest BCUT2D eigenvalue weighted by molar-refractivity contribution is 6.30.